The van der Waals surface area contributed by atoms with Gasteiger partial charge in [0.25, 0.3) is 0 Å². The van der Waals surface area contributed by atoms with Crippen molar-refractivity contribution >= 4 is 5.69 Å². The summed E-state index contributed by atoms with van der Waals surface area (Å²) in [6.45, 7) is 6.43. The number of nitriles is 1. The molecule has 23 heavy (non-hydrogen) atoms. The number of rotatable bonds is 3. The van der Waals surface area contributed by atoms with Crippen molar-refractivity contribution in [1.82, 2.24) is 4.90 Å². The van der Waals surface area contributed by atoms with Gasteiger partial charge < -0.3 is 4.90 Å². The lowest BCUT2D eigenvalue weighted by Crippen LogP contribution is -2.46. The molecule has 1 saturated heterocycles. The molecule has 2 aromatic carbocycles. The number of hydrogen-bond acceptors (Lipinski definition) is 3. The van der Waals surface area contributed by atoms with Crippen LogP contribution in [0.25, 0.3) is 0 Å². The fourth-order valence-corrected chi connectivity index (χ4v) is 2.96. The van der Waals surface area contributed by atoms with Crippen LogP contribution in [0.5, 0.6) is 0 Å². The van der Waals surface area contributed by atoms with Crippen molar-refractivity contribution in [2.24, 2.45) is 0 Å². The summed E-state index contributed by atoms with van der Waals surface area (Å²) in [4.78, 5) is 4.65. The highest BCUT2D eigenvalue weighted by Gasteiger charge is 2.18. The molecular formula is C19H20FN3. The van der Waals surface area contributed by atoms with Crippen LogP contribution in [-0.4, -0.2) is 31.1 Å². The van der Waals surface area contributed by atoms with Crippen molar-refractivity contribution in [2.75, 3.05) is 31.1 Å². The van der Waals surface area contributed by atoms with Gasteiger partial charge in [0, 0.05) is 38.4 Å². The lowest BCUT2D eigenvalue weighted by molar-refractivity contribution is 0.249. The quantitative estimate of drug-likeness (QED) is 0.871. The Morgan fingerprint density at radius 1 is 1.04 bits per heavy atom. The average Bonchev–Trinajstić information content (AvgIpc) is 2.57. The van der Waals surface area contributed by atoms with E-state index in [1.54, 1.807) is 6.07 Å². The molecule has 0 aromatic heterocycles. The lowest BCUT2D eigenvalue weighted by atomic mass is 10.1. The molecule has 1 heterocycles. The van der Waals surface area contributed by atoms with Gasteiger partial charge in [-0.1, -0.05) is 17.7 Å². The molecule has 0 bridgehead atoms. The highest BCUT2D eigenvalue weighted by atomic mass is 19.1. The Kier molecular flexibility index (Phi) is 4.59. The number of benzene rings is 2. The topological polar surface area (TPSA) is 30.3 Å². The largest absolute Gasteiger partial charge is 0.369 e. The summed E-state index contributed by atoms with van der Waals surface area (Å²) in [5.74, 6) is -0.280. The summed E-state index contributed by atoms with van der Waals surface area (Å²) in [7, 11) is 0. The first-order valence-corrected chi connectivity index (χ1v) is 7.88. The Morgan fingerprint density at radius 2 is 1.74 bits per heavy atom. The second kappa shape index (κ2) is 6.80. The van der Waals surface area contributed by atoms with E-state index in [1.807, 2.05) is 0 Å². The van der Waals surface area contributed by atoms with Crippen molar-refractivity contribution < 1.29 is 4.39 Å². The predicted octanol–water partition coefficient (Wildman–Crippen LogP) is 3.33. The maximum Gasteiger partial charge on any atom is 0.123 e. The van der Waals surface area contributed by atoms with Crippen LogP contribution >= 0.6 is 0 Å². The maximum atomic E-state index is 13.4. The Labute approximate surface area is 136 Å². The van der Waals surface area contributed by atoms with E-state index in [0.29, 0.717) is 12.1 Å². The molecule has 1 fully saturated rings. The van der Waals surface area contributed by atoms with Crippen LogP contribution in [0.15, 0.2) is 42.5 Å². The lowest BCUT2D eigenvalue weighted by Gasteiger charge is -2.36. The molecular weight excluding hydrogens is 289 g/mol. The first-order chi connectivity index (χ1) is 11.2. The second-order valence-electron chi connectivity index (χ2n) is 6.01. The fraction of sp³-hybridized carbons (Fsp3) is 0.316. The molecule has 118 valence electrons. The van der Waals surface area contributed by atoms with Crippen LogP contribution in [0, 0.1) is 24.1 Å². The van der Waals surface area contributed by atoms with Gasteiger partial charge in [0.1, 0.15) is 5.82 Å². The summed E-state index contributed by atoms with van der Waals surface area (Å²) >= 11 is 0. The smallest absolute Gasteiger partial charge is 0.123 e. The minimum Gasteiger partial charge on any atom is -0.369 e. The van der Waals surface area contributed by atoms with Gasteiger partial charge in [-0.25, -0.2) is 4.39 Å². The number of nitrogens with zero attached hydrogens (tertiary/aromatic N) is 3. The first-order valence-electron chi connectivity index (χ1n) is 7.88. The van der Waals surface area contributed by atoms with E-state index in [1.165, 1.54) is 23.4 Å². The Hall–Kier alpha value is -2.38. The Balaban J connectivity index is 1.62. The van der Waals surface area contributed by atoms with Crippen LogP contribution < -0.4 is 4.90 Å². The van der Waals surface area contributed by atoms with Crippen molar-refractivity contribution in [1.29, 1.82) is 5.26 Å². The molecule has 0 amide bonds. The number of anilines is 1. The number of piperazine rings is 1. The van der Waals surface area contributed by atoms with E-state index in [4.69, 9.17) is 5.26 Å². The third-order valence-electron chi connectivity index (χ3n) is 4.35. The zero-order valence-corrected chi connectivity index (χ0v) is 13.3. The third kappa shape index (κ3) is 3.69. The number of hydrogen-bond donors (Lipinski definition) is 0. The van der Waals surface area contributed by atoms with Crippen LogP contribution in [-0.2, 0) is 6.54 Å². The van der Waals surface area contributed by atoms with Crippen molar-refractivity contribution in [3.05, 3.63) is 65.0 Å². The maximum absolute atomic E-state index is 13.4. The molecule has 0 radical (unpaired) electrons. The van der Waals surface area contributed by atoms with Gasteiger partial charge in [0.2, 0.25) is 0 Å². The van der Waals surface area contributed by atoms with E-state index in [2.05, 4.69) is 47.1 Å². The van der Waals surface area contributed by atoms with Gasteiger partial charge in [-0.2, -0.15) is 5.26 Å². The number of halogens is 1. The van der Waals surface area contributed by atoms with Crippen LogP contribution in [0.2, 0.25) is 0 Å². The summed E-state index contributed by atoms with van der Waals surface area (Å²) in [5, 5.41) is 9.15. The molecule has 0 unspecified atom stereocenters. The zero-order valence-electron chi connectivity index (χ0n) is 13.3. The predicted molar refractivity (Wildman–Crippen MR) is 89.8 cm³/mol. The summed E-state index contributed by atoms with van der Waals surface area (Å²) in [6.07, 6.45) is 0. The number of aryl methyl sites for hydroxylation is 1. The zero-order chi connectivity index (χ0) is 16.2. The van der Waals surface area contributed by atoms with E-state index in [-0.39, 0.29) is 5.82 Å². The molecule has 0 saturated carbocycles. The molecule has 0 aliphatic carbocycles. The second-order valence-corrected chi connectivity index (χ2v) is 6.01. The monoisotopic (exact) mass is 309 g/mol. The normalized spacial score (nSPS) is 15.4. The third-order valence-corrected chi connectivity index (χ3v) is 4.35. The van der Waals surface area contributed by atoms with E-state index in [0.717, 1.165) is 31.7 Å². The molecule has 1 aliphatic rings. The minimum absolute atomic E-state index is 0.280. The highest BCUT2D eigenvalue weighted by molar-refractivity contribution is 5.48. The van der Waals surface area contributed by atoms with Crippen LogP contribution in [0.1, 0.15) is 16.7 Å². The molecule has 0 N–H and O–H groups in total. The average molecular weight is 309 g/mol. The van der Waals surface area contributed by atoms with Gasteiger partial charge in [0.15, 0.2) is 0 Å². The van der Waals surface area contributed by atoms with Gasteiger partial charge in [0.05, 0.1) is 11.6 Å². The van der Waals surface area contributed by atoms with Crippen molar-refractivity contribution in [3.63, 3.8) is 0 Å². The SMILES string of the molecule is Cc1ccc(N2CCN(Cc3cc(F)ccc3C#N)CC2)cc1. The fourth-order valence-electron chi connectivity index (χ4n) is 2.96. The molecule has 3 rings (SSSR count). The van der Waals surface area contributed by atoms with Crippen LogP contribution in [0.4, 0.5) is 10.1 Å². The molecule has 3 nitrogen and oxygen atoms in total. The van der Waals surface area contributed by atoms with Gasteiger partial charge in [-0.15, -0.1) is 0 Å². The highest BCUT2D eigenvalue weighted by Crippen LogP contribution is 2.19. The van der Waals surface area contributed by atoms with E-state index in [9.17, 15) is 4.39 Å². The van der Waals surface area contributed by atoms with E-state index < -0.39 is 0 Å². The van der Waals surface area contributed by atoms with Crippen molar-refractivity contribution in [3.8, 4) is 6.07 Å². The Bertz CT molecular complexity index is 710. The molecule has 2 aromatic rings. The summed E-state index contributed by atoms with van der Waals surface area (Å²) in [6, 6.07) is 15.1. The standard InChI is InChI=1S/C19H20FN3/c1-15-2-6-19(7-3-15)23-10-8-22(9-11-23)14-17-12-18(20)5-4-16(17)13-21/h2-7,12H,8-11,14H2,1H3. The summed E-state index contributed by atoms with van der Waals surface area (Å²) < 4.78 is 13.4. The van der Waals surface area contributed by atoms with Gasteiger partial charge in [-0.05, 0) is 42.8 Å². The van der Waals surface area contributed by atoms with Gasteiger partial charge in [-0.3, -0.25) is 4.90 Å². The van der Waals surface area contributed by atoms with E-state index >= 15 is 0 Å². The summed E-state index contributed by atoms with van der Waals surface area (Å²) in [5.41, 5.74) is 3.85. The first kappa shape index (κ1) is 15.5. The minimum atomic E-state index is -0.280. The van der Waals surface area contributed by atoms with Gasteiger partial charge >= 0.3 is 0 Å². The molecule has 1 aliphatic heterocycles. The molecule has 0 spiro atoms. The van der Waals surface area contributed by atoms with Crippen molar-refractivity contribution in [2.45, 2.75) is 13.5 Å². The molecule has 0 atom stereocenters. The molecule has 4 heteroatoms. The van der Waals surface area contributed by atoms with Crippen LogP contribution in [0.3, 0.4) is 0 Å². The Morgan fingerprint density at radius 3 is 2.39 bits per heavy atom.